The second-order valence-electron chi connectivity index (χ2n) is 4.86. The zero-order chi connectivity index (χ0) is 13.5. The van der Waals surface area contributed by atoms with Gasteiger partial charge in [0, 0.05) is 19.6 Å². The van der Waals surface area contributed by atoms with Crippen molar-refractivity contribution >= 4 is 15.9 Å². The maximum absolute atomic E-state index is 5.74. The van der Waals surface area contributed by atoms with Gasteiger partial charge in [-0.05, 0) is 40.0 Å². The lowest BCUT2D eigenvalue weighted by Gasteiger charge is -2.26. The average Bonchev–Trinajstić information content (AvgIpc) is 2.43. The molecule has 1 aromatic rings. The minimum atomic E-state index is 0.790. The van der Waals surface area contributed by atoms with Gasteiger partial charge in [0.2, 0.25) is 0 Å². The molecule has 1 aliphatic heterocycles. The van der Waals surface area contributed by atoms with E-state index in [1.54, 1.807) is 0 Å². The molecule has 1 aromatic carbocycles. The van der Waals surface area contributed by atoms with E-state index >= 15 is 0 Å². The van der Waals surface area contributed by atoms with Gasteiger partial charge < -0.3 is 9.47 Å². The van der Waals surface area contributed by atoms with Crippen LogP contribution in [0.1, 0.15) is 25.3 Å². The molecule has 0 radical (unpaired) electrons. The molecule has 0 N–H and O–H groups in total. The van der Waals surface area contributed by atoms with Crippen molar-refractivity contribution in [1.29, 1.82) is 0 Å². The number of benzene rings is 1. The van der Waals surface area contributed by atoms with Gasteiger partial charge in [0.25, 0.3) is 0 Å². The van der Waals surface area contributed by atoms with Crippen LogP contribution in [-0.4, -0.2) is 37.8 Å². The number of hydrogen-bond acceptors (Lipinski definition) is 3. The highest BCUT2D eigenvalue weighted by Crippen LogP contribution is 2.26. The Morgan fingerprint density at radius 3 is 2.79 bits per heavy atom. The number of nitrogens with zero attached hydrogens (tertiary/aromatic N) is 1. The zero-order valence-corrected chi connectivity index (χ0v) is 13.1. The molecule has 2 rings (SSSR count). The fourth-order valence-electron chi connectivity index (χ4n) is 2.10. The summed E-state index contributed by atoms with van der Waals surface area (Å²) in [6.07, 6.45) is 2.26. The van der Waals surface area contributed by atoms with Crippen LogP contribution in [0.2, 0.25) is 0 Å². The van der Waals surface area contributed by atoms with Crippen LogP contribution < -0.4 is 4.74 Å². The fourth-order valence-corrected chi connectivity index (χ4v) is 2.64. The summed E-state index contributed by atoms with van der Waals surface area (Å²) in [5.41, 5.74) is 1.32. The fraction of sp³-hybridized carbons (Fsp3) is 0.600. The van der Waals surface area contributed by atoms with Gasteiger partial charge in [-0.2, -0.15) is 0 Å². The van der Waals surface area contributed by atoms with E-state index < -0.39 is 0 Å². The predicted octanol–water partition coefficient (Wildman–Crippen LogP) is 3.46. The van der Waals surface area contributed by atoms with Crippen LogP contribution in [0.25, 0.3) is 0 Å². The third-order valence-electron chi connectivity index (χ3n) is 3.26. The zero-order valence-electron chi connectivity index (χ0n) is 11.5. The maximum atomic E-state index is 5.74. The van der Waals surface area contributed by atoms with Gasteiger partial charge in [-0.3, -0.25) is 4.90 Å². The van der Waals surface area contributed by atoms with Gasteiger partial charge in [-0.25, -0.2) is 0 Å². The van der Waals surface area contributed by atoms with E-state index in [1.165, 1.54) is 5.56 Å². The summed E-state index contributed by atoms with van der Waals surface area (Å²) in [6.45, 7) is 7.68. The Morgan fingerprint density at radius 1 is 1.32 bits per heavy atom. The molecule has 0 saturated carbocycles. The Kier molecular flexibility index (Phi) is 6.14. The molecule has 0 amide bonds. The van der Waals surface area contributed by atoms with Crippen LogP contribution in [0.5, 0.6) is 5.75 Å². The Hall–Kier alpha value is -0.580. The Balaban J connectivity index is 1.90. The number of rotatable bonds is 6. The number of halogens is 1. The summed E-state index contributed by atoms with van der Waals surface area (Å²) in [5, 5.41) is 0. The Morgan fingerprint density at radius 2 is 2.11 bits per heavy atom. The average molecular weight is 328 g/mol. The summed E-state index contributed by atoms with van der Waals surface area (Å²) in [6, 6.07) is 6.38. The van der Waals surface area contributed by atoms with E-state index in [0.717, 1.165) is 62.5 Å². The number of unbranched alkanes of at least 4 members (excludes halogenated alkanes) is 1. The molecule has 0 aliphatic carbocycles. The molecule has 0 spiro atoms. The smallest absolute Gasteiger partial charge is 0.133 e. The van der Waals surface area contributed by atoms with Crippen molar-refractivity contribution < 1.29 is 9.47 Å². The Labute approximate surface area is 124 Å². The highest BCUT2D eigenvalue weighted by molar-refractivity contribution is 9.10. The summed E-state index contributed by atoms with van der Waals surface area (Å²) in [5.74, 6) is 0.944. The molecule has 3 nitrogen and oxygen atoms in total. The predicted molar refractivity (Wildman–Crippen MR) is 80.6 cm³/mol. The van der Waals surface area contributed by atoms with Crippen LogP contribution >= 0.6 is 15.9 Å². The van der Waals surface area contributed by atoms with E-state index in [9.17, 15) is 0 Å². The lowest BCUT2D eigenvalue weighted by atomic mass is 10.2. The highest BCUT2D eigenvalue weighted by atomic mass is 79.9. The molecule has 0 atom stereocenters. The first-order valence-electron chi connectivity index (χ1n) is 7.01. The first-order chi connectivity index (χ1) is 9.29. The Bertz CT molecular complexity index is 392. The number of morpholine rings is 1. The molecule has 0 unspecified atom stereocenters. The standard InChI is InChI=1S/C15H22BrNO2/c1-2-3-8-19-15-5-4-13(11-14(15)16)12-17-6-9-18-10-7-17/h4-5,11H,2-3,6-10,12H2,1H3. The van der Waals surface area contributed by atoms with Gasteiger partial charge in [0.1, 0.15) is 5.75 Å². The second kappa shape index (κ2) is 7.88. The minimum Gasteiger partial charge on any atom is -0.492 e. The van der Waals surface area contributed by atoms with Gasteiger partial charge in [-0.15, -0.1) is 0 Å². The molecule has 1 heterocycles. The lowest BCUT2D eigenvalue weighted by molar-refractivity contribution is 0.0342. The van der Waals surface area contributed by atoms with E-state index in [-0.39, 0.29) is 0 Å². The van der Waals surface area contributed by atoms with Crippen molar-refractivity contribution in [3.05, 3.63) is 28.2 Å². The van der Waals surface area contributed by atoms with Crippen LogP contribution in [0.15, 0.2) is 22.7 Å². The lowest BCUT2D eigenvalue weighted by Crippen LogP contribution is -2.35. The maximum Gasteiger partial charge on any atom is 0.133 e. The van der Waals surface area contributed by atoms with Crippen LogP contribution in [0, 0.1) is 0 Å². The van der Waals surface area contributed by atoms with Crippen molar-refractivity contribution in [2.45, 2.75) is 26.3 Å². The summed E-state index contributed by atoms with van der Waals surface area (Å²) in [4.78, 5) is 2.42. The summed E-state index contributed by atoms with van der Waals surface area (Å²) >= 11 is 3.60. The van der Waals surface area contributed by atoms with Crippen LogP contribution in [0.3, 0.4) is 0 Å². The second-order valence-corrected chi connectivity index (χ2v) is 5.71. The molecule has 0 aromatic heterocycles. The molecule has 19 heavy (non-hydrogen) atoms. The molecule has 1 aliphatic rings. The first-order valence-corrected chi connectivity index (χ1v) is 7.80. The minimum absolute atomic E-state index is 0.790. The van der Waals surface area contributed by atoms with Crippen LogP contribution in [0.4, 0.5) is 0 Å². The number of hydrogen-bond donors (Lipinski definition) is 0. The van der Waals surface area contributed by atoms with Gasteiger partial charge >= 0.3 is 0 Å². The monoisotopic (exact) mass is 327 g/mol. The van der Waals surface area contributed by atoms with E-state index in [1.807, 2.05) is 0 Å². The summed E-state index contributed by atoms with van der Waals surface area (Å²) in [7, 11) is 0. The third kappa shape index (κ3) is 4.79. The van der Waals surface area contributed by atoms with Crippen molar-refractivity contribution in [3.63, 3.8) is 0 Å². The first kappa shape index (κ1) is 14.8. The van der Waals surface area contributed by atoms with Gasteiger partial charge in [0.15, 0.2) is 0 Å². The van der Waals surface area contributed by atoms with Crippen molar-refractivity contribution in [3.8, 4) is 5.75 Å². The van der Waals surface area contributed by atoms with E-state index in [4.69, 9.17) is 9.47 Å². The van der Waals surface area contributed by atoms with E-state index in [2.05, 4.69) is 46.0 Å². The third-order valence-corrected chi connectivity index (χ3v) is 3.88. The van der Waals surface area contributed by atoms with Crippen molar-refractivity contribution in [1.82, 2.24) is 4.90 Å². The van der Waals surface area contributed by atoms with E-state index in [0.29, 0.717) is 0 Å². The summed E-state index contributed by atoms with van der Waals surface area (Å²) < 4.78 is 12.2. The van der Waals surface area contributed by atoms with Crippen molar-refractivity contribution in [2.75, 3.05) is 32.9 Å². The molecule has 1 fully saturated rings. The van der Waals surface area contributed by atoms with Gasteiger partial charge in [0.05, 0.1) is 24.3 Å². The topological polar surface area (TPSA) is 21.7 Å². The quantitative estimate of drug-likeness (QED) is 0.747. The molecule has 0 bridgehead atoms. The van der Waals surface area contributed by atoms with Crippen LogP contribution in [-0.2, 0) is 11.3 Å². The highest BCUT2D eigenvalue weighted by Gasteiger charge is 2.11. The SMILES string of the molecule is CCCCOc1ccc(CN2CCOCC2)cc1Br. The normalized spacial score (nSPS) is 16.5. The molecule has 4 heteroatoms. The molecular formula is C15H22BrNO2. The van der Waals surface area contributed by atoms with Crippen molar-refractivity contribution in [2.24, 2.45) is 0 Å². The molecular weight excluding hydrogens is 306 g/mol. The molecule has 1 saturated heterocycles. The largest absolute Gasteiger partial charge is 0.492 e. The number of ether oxygens (including phenoxy) is 2. The van der Waals surface area contributed by atoms with Gasteiger partial charge in [-0.1, -0.05) is 19.4 Å². The molecule has 106 valence electrons.